The minimum atomic E-state index is -0.0281. The summed E-state index contributed by atoms with van der Waals surface area (Å²) in [6.07, 6.45) is 6.62. The fourth-order valence-corrected chi connectivity index (χ4v) is 3.51. The number of ether oxygens (including phenoxy) is 1. The molecule has 4 aromatic rings. The molecule has 0 saturated carbocycles. The topological polar surface area (TPSA) is 51.5 Å². The van der Waals surface area contributed by atoms with Gasteiger partial charge in [-0.3, -0.25) is 4.79 Å². The van der Waals surface area contributed by atoms with E-state index in [9.17, 15) is 4.79 Å². The van der Waals surface area contributed by atoms with Gasteiger partial charge < -0.3 is 14.4 Å². The van der Waals surface area contributed by atoms with Crippen molar-refractivity contribution in [1.29, 1.82) is 0 Å². The van der Waals surface area contributed by atoms with Gasteiger partial charge in [0.05, 0.1) is 5.69 Å². The number of nitrogens with zero attached hydrogens (tertiary/aromatic N) is 1. The number of rotatable bonds is 9. The maximum atomic E-state index is 13.0. The van der Waals surface area contributed by atoms with Crippen molar-refractivity contribution in [3.63, 3.8) is 0 Å². The van der Waals surface area contributed by atoms with Crippen molar-refractivity contribution in [2.45, 2.75) is 13.0 Å². The summed E-state index contributed by atoms with van der Waals surface area (Å²) in [6.45, 7) is 0.731. The van der Waals surface area contributed by atoms with Crippen LogP contribution in [0.5, 0.6) is 11.5 Å². The molecule has 32 heavy (non-hydrogen) atoms. The van der Waals surface area contributed by atoms with Crippen molar-refractivity contribution in [3.8, 4) is 11.5 Å². The van der Waals surface area contributed by atoms with Crippen LogP contribution >= 0.6 is 0 Å². The van der Waals surface area contributed by atoms with E-state index < -0.39 is 0 Å². The van der Waals surface area contributed by atoms with Crippen molar-refractivity contribution in [3.05, 3.63) is 126 Å². The maximum Gasteiger partial charge on any atom is 0.209 e. The first-order valence-corrected chi connectivity index (χ1v) is 10.6. The quantitative estimate of drug-likeness (QED) is 0.348. The number of benzene rings is 3. The summed E-state index contributed by atoms with van der Waals surface area (Å²) in [5.41, 5.74) is 3.43. The van der Waals surface area contributed by atoms with E-state index in [4.69, 9.17) is 9.84 Å². The van der Waals surface area contributed by atoms with Gasteiger partial charge in [-0.1, -0.05) is 54.6 Å². The second-order valence-electron chi connectivity index (χ2n) is 7.44. The number of ketones is 1. The molecule has 1 heterocycles. The summed E-state index contributed by atoms with van der Waals surface area (Å²) >= 11 is 0. The Bertz CT molecular complexity index is 1190. The third-order valence-electron chi connectivity index (χ3n) is 5.12. The molecule has 0 radical (unpaired) electrons. The molecule has 0 fully saturated rings. The molecule has 4 nitrogen and oxygen atoms in total. The van der Waals surface area contributed by atoms with E-state index in [0.717, 1.165) is 16.9 Å². The molecule has 0 atom stereocenters. The highest BCUT2D eigenvalue weighted by Crippen LogP contribution is 2.22. The van der Waals surface area contributed by atoms with Crippen LogP contribution in [0.3, 0.4) is 0 Å². The second kappa shape index (κ2) is 10.4. The Labute approximate surface area is 188 Å². The minimum absolute atomic E-state index is 0.0281. The van der Waals surface area contributed by atoms with E-state index in [1.807, 2.05) is 95.7 Å². The van der Waals surface area contributed by atoms with Crippen LogP contribution in [0.4, 0.5) is 0 Å². The summed E-state index contributed by atoms with van der Waals surface area (Å²) < 4.78 is 7.74. The predicted octanol–water partition coefficient (Wildman–Crippen LogP) is 5.76. The molecule has 0 aliphatic heterocycles. The summed E-state index contributed by atoms with van der Waals surface area (Å²) in [5, 5.41) is 9.11. The molecule has 1 aromatic heterocycles. The SMILES string of the molecule is O=C(c1ccc(Oc2ccccc2)cc1)c1cccn1C/C=C/c1cccc(CCO)c1. The van der Waals surface area contributed by atoms with Gasteiger partial charge in [0, 0.05) is 24.9 Å². The normalized spacial score (nSPS) is 11.0. The van der Waals surface area contributed by atoms with Crippen LogP contribution in [0.25, 0.3) is 6.08 Å². The number of allylic oxidation sites excluding steroid dienone is 1. The monoisotopic (exact) mass is 423 g/mol. The lowest BCUT2D eigenvalue weighted by Gasteiger charge is -2.08. The Balaban J connectivity index is 1.42. The lowest BCUT2D eigenvalue weighted by atomic mass is 10.1. The zero-order chi connectivity index (χ0) is 22.2. The van der Waals surface area contributed by atoms with E-state index in [0.29, 0.717) is 30.0 Å². The van der Waals surface area contributed by atoms with E-state index in [1.54, 1.807) is 12.1 Å². The molecular weight excluding hydrogens is 398 g/mol. The number of carbonyl (C=O) groups is 1. The summed E-state index contributed by atoms with van der Waals surface area (Å²) in [7, 11) is 0. The van der Waals surface area contributed by atoms with Crippen LogP contribution in [-0.2, 0) is 13.0 Å². The van der Waals surface area contributed by atoms with Crippen LogP contribution in [0.15, 0.2) is 103 Å². The first-order valence-electron chi connectivity index (χ1n) is 10.6. The average Bonchev–Trinajstić information content (AvgIpc) is 3.29. The molecule has 0 bridgehead atoms. The molecule has 4 heteroatoms. The van der Waals surface area contributed by atoms with Gasteiger partial charge in [-0.2, -0.15) is 0 Å². The number of aliphatic hydroxyl groups is 1. The van der Waals surface area contributed by atoms with Gasteiger partial charge in [-0.15, -0.1) is 0 Å². The maximum absolute atomic E-state index is 13.0. The number of para-hydroxylation sites is 1. The standard InChI is InChI=1S/C28H25NO3/c30-20-17-23-8-4-7-22(21-23)9-5-18-29-19-6-12-27(29)28(31)24-13-15-26(16-14-24)32-25-10-2-1-3-11-25/h1-16,19,21,30H,17-18,20H2/b9-5+. The summed E-state index contributed by atoms with van der Waals surface area (Å²) in [6, 6.07) is 28.6. The van der Waals surface area contributed by atoms with Crippen LogP contribution in [-0.4, -0.2) is 22.1 Å². The zero-order valence-electron chi connectivity index (χ0n) is 17.7. The lowest BCUT2D eigenvalue weighted by Crippen LogP contribution is -2.09. The van der Waals surface area contributed by atoms with Gasteiger partial charge in [0.15, 0.2) is 0 Å². The summed E-state index contributed by atoms with van der Waals surface area (Å²) in [5.74, 6) is 1.42. The van der Waals surface area contributed by atoms with Crippen molar-refractivity contribution in [1.82, 2.24) is 4.57 Å². The predicted molar refractivity (Wildman–Crippen MR) is 127 cm³/mol. The van der Waals surface area contributed by atoms with Crippen molar-refractivity contribution >= 4 is 11.9 Å². The van der Waals surface area contributed by atoms with E-state index in [-0.39, 0.29) is 12.4 Å². The second-order valence-corrected chi connectivity index (χ2v) is 7.44. The van der Waals surface area contributed by atoms with Gasteiger partial charge in [0.25, 0.3) is 0 Å². The molecule has 160 valence electrons. The largest absolute Gasteiger partial charge is 0.457 e. The fraction of sp³-hybridized carbons (Fsp3) is 0.107. The molecule has 4 rings (SSSR count). The number of aromatic nitrogens is 1. The first kappa shape index (κ1) is 21.3. The molecule has 0 saturated heterocycles. The third kappa shape index (κ3) is 5.42. The Morgan fingerprint density at radius 1 is 0.875 bits per heavy atom. The highest BCUT2D eigenvalue weighted by Gasteiger charge is 2.13. The van der Waals surface area contributed by atoms with Gasteiger partial charge in [0.1, 0.15) is 11.5 Å². The molecule has 3 aromatic carbocycles. The number of hydrogen-bond donors (Lipinski definition) is 1. The van der Waals surface area contributed by atoms with Crippen molar-refractivity contribution in [2.24, 2.45) is 0 Å². The minimum Gasteiger partial charge on any atom is -0.457 e. The Hall–Kier alpha value is -3.89. The van der Waals surface area contributed by atoms with Crippen LogP contribution in [0, 0.1) is 0 Å². The average molecular weight is 424 g/mol. The van der Waals surface area contributed by atoms with Crippen LogP contribution in [0.1, 0.15) is 27.2 Å². The molecule has 0 amide bonds. The third-order valence-corrected chi connectivity index (χ3v) is 5.12. The van der Waals surface area contributed by atoms with Crippen LogP contribution < -0.4 is 4.74 Å². The fourth-order valence-electron chi connectivity index (χ4n) is 3.51. The molecule has 0 aliphatic rings. The number of aliphatic hydroxyl groups excluding tert-OH is 1. The molecule has 0 spiro atoms. The number of hydrogen-bond acceptors (Lipinski definition) is 3. The Morgan fingerprint density at radius 3 is 2.44 bits per heavy atom. The Kier molecular flexibility index (Phi) is 6.95. The van der Waals surface area contributed by atoms with Gasteiger partial charge >= 0.3 is 0 Å². The highest BCUT2D eigenvalue weighted by molar-refractivity contribution is 6.08. The molecule has 0 aliphatic carbocycles. The molecule has 0 unspecified atom stereocenters. The van der Waals surface area contributed by atoms with Gasteiger partial charge in [-0.05, 0) is 66.1 Å². The lowest BCUT2D eigenvalue weighted by molar-refractivity contribution is 0.103. The van der Waals surface area contributed by atoms with Gasteiger partial charge in [-0.25, -0.2) is 0 Å². The zero-order valence-corrected chi connectivity index (χ0v) is 17.7. The van der Waals surface area contributed by atoms with Crippen molar-refractivity contribution in [2.75, 3.05) is 6.61 Å². The van der Waals surface area contributed by atoms with E-state index >= 15 is 0 Å². The van der Waals surface area contributed by atoms with E-state index in [1.165, 1.54) is 0 Å². The van der Waals surface area contributed by atoms with Crippen molar-refractivity contribution < 1.29 is 14.6 Å². The highest BCUT2D eigenvalue weighted by atomic mass is 16.5. The first-order chi connectivity index (χ1) is 15.7. The molecular formula is C28H25NO3. The van der Waals surface area contributed by atoms with Crippen LogP contribution in [0.2, 0.25) is 0 Å². The Morgan fingerprint density at radius 2 is 1.66 bits per heavy atom. The van der Waals surface area contributed by atoms with E-state index in [2.05, 4.69) is 6.07 Å². The smallest absolute Gasteiger partial charge is 0.209 e. The summed E-state index contributed by atoms with van der Waals surface area (Å²) in [4.78, 5) is 13.0. The van der Waals surface area contributed by atoms with Gasteiger partial charge in [0.2, 0.25) is 5.78 Å². The number of carbonyl (C=O) groups excluding carboxylic acids is 1. The molecule has 1 N–H and O–H groups in total.